The third kappa shape index (κ3) is 3.68. The number of nitrogens with zero attached hydrogens (tertiary/aromatic N) is 3. The van der Waals surface area contributed by atoms with E-state index in [9.17, 15) is 9.59 Å². The zero-order valence-corrected chi connectivity index (χ0v) is 17.4. The Hall–Kier alpha value is -3.19. The zero-order chi connectivity index (χ0) is 21.3. The summed E-state index contributed by atoms with van der Waals surface area (Å²) in [6, 6.07) is 17.1. The van der Waals surface area contributed by atoms with Crippen molar-refractivity contribution in [2.45, 2.75) is 32.4 Å². The van der Waals surface area contributed by atoms with Gasteiger partial charge in [-0.2, -0.15) is 0 Å². The van der Waals surface area contributed by atoms with Crippen LogP contribution in [0.4, 0.5) is 0 Å². The molecular formula is C23H25N3O4. The monoisotopic (exact) mass is 407 g/mol. The Balaban J connectivity index is 1.61. The maximum Gasteiger partial charge on any atom is 0.256 e. The Morgan fingerprint density at radius 1 is 1.17 bits per heavy atom. The molecule has 30 heavy (non-hydrogen) atoms. The lowest BCUT2D eigenvalue weighted by Gasteiger charge is -2.36. The summed E-state index contributed by atoms with van der Waals surface area (Å²) in [6.07, 6.45) is 0.272. The van der Waals surface area contributed by atoms with Gasteiger partial charge in [-0.3, -0.25) is 9.59 Å². The van der Waals surface area contributed by atoms with Crippen molar-refractivity contribution in [2.75, 3.05) is 13.7 Å². The summed E-state index contributed by atoms with van der Waals surface area (Å²) in [5, 5.41) is 7.26. The van der Waals surface area contributed by atoms with E-state index in [2.05, 4.69) is 5.16 Å². The molecule has 0 N–H and O–H groups in total. The summed E-state index contributed by atoms with van der Waals surface area (Å²) in [4.78, 5) is 31.7. The summed E-state index contributed by atoms with van der Waals surface area (Å²) >= 11 is 0. The zero-order valence-electron chi connectivity index (χ0n) is 17.4. The highest BCUT2D eigenvalue weighted by atomic mass is 16.6. The van der Waals surface area contributed by atoms with Gasteiger partial charge in [0, 0.05) is 24.1 Å². The minimum Gasteiger partial charge on any atom is -0.497 e. The first-order chi connectivity index (χ1) is 14.4. The van der Waals surface area contributed by atoms with Crippen molar-refractivity contribution in [1.29, 1.82) is 0 Å². The van der Waals surface area contributed by atoms with Crippen molar-refractivity contribution in [3.8, 4) is 5.75 Å². The first kappa shape index (κ1) is 20.1. The molecule has 2 aromatic rings. The van der Waals surface area contributed by atoms with Crippen molar-refractivity contribution in [3.63, 3.8) is 0 Å². The van der Waals surface area contributed by atoms with E-state index >= 15 is 0 Å². The lowest BCUT2D eigenvalue weighted by atomic mass is 9.97. The molecule has 4 rings (SSSR count). The van der Waals surface area contributed by atoms with E-state index in [1.807, 2.05) is 73.5 Å². The normalized spacial score (nSPS) is 20.8. The molecule has 1 fully saturated rings. The number of methoxy groups -OCH3 is 1. The van der Waals surface area contributed by atoms with Crippen LogP contribution in [0.3, 0.4) is 0 Å². The summed E-state index contributed by atoms with van der Waals surface area (Å²) in [7, 11) is 1.60. The molecule has 0 bridgehead atoms. The molecule has 2 aromatic carbocycles. The van der Waals surface area contributed by atoms with Gasteiger partial charge in [0.1, 0.15) is 24.0 Å². The Morgan fingerprint density at radius 2 is 1.87 bits per heavy atom. The Labute approximate surface area is 175 Å². The van der Waals surface area contributed by atoms with E-state index in [1.54, 1.807) is 7.11 Å². The van der Waals surface area contributed by atoms with E-state index in [0.717, 1.165) is 11.1 Å². The van der Waals surface area contributed by atoms with Crippen LogP contribution in [-0.4, -0.2) is 46.8 Å². The Kier molecular flexibility index (Phi) is 5.30. The van der Waals surface area contributed by atoms with Gasteiger partial charge in [0.05, 0.1) is 7.11 Å². The van der Waals surface area contributed by atoms with Gasteiger partial charge in [-0.1, -0.05) is 35.5 Å². The topological polar surface area (TPSA) is 71.4 Å². The van der Waals surface area contributed by atoms with Crippen LogP contribution >= 0.6 is 0 Å². The number of rotatable bonds is 5. The van der Waals surface area contributed by atoms with Gasteiger partial charge in [0.2, 0.25) is 5.91 Å². The lowest BCUT2D eigenvalue weighted by molar-refractivity contribution is -0.163. The van der Waals surface area contributed by atoms with Crippen LogP contribution < -0.4 is 4.74 Å². The van der Waals surface area contributed by atoms with Gasteiger partial charge in [-0.25, -0.2) is 10.0 Å². The molecule has 2 amide bonds. The SMILES string of the molecule is COc1ccc(C2=NOC[C@@H]2C(=O)N2C(=O)CC(C)(C)N2Cc2ccccc2)cc1. The van der Waals surface area contributed by atoms with Gasteiger partial charge in [-0.15, -0.1) is 0 Å². The number of imide groups is 1. The minimum absolute atomic E-state index is 0.115. The van der Waals surface area contributed by atoms with Crippen LogP contribution in [0.5, 0.6) is 5.75 Å². The summed E-state index contributed by atoms with van der Waals surface area (Å²) in [5.74, 6) is -0.448. The molecule has 1 saturated heterocycles. The molecule has 2 aliphatic heterocycles. The van der Waals surface area contributed by atoms with Crippen molar-refractivity contribution < 1.29 is 19.2 Å². The number of benzene rings is 2. The third-order valence-corrected chi connectivity index (χ3v) is 5.56. The third-order valence-electron chi connectivity index (χ3n) is 5.56. The number of hydrogen-bond acceptors (Lipinski definition) is 6. The summed E-state index contributed by atoms with van der Waals surface area (Å²) in [5.41, 5.74) is 1.86. The second kappa shape index (κ2) is 7.91. The van der Waals surface area contributed by atoms with Gasteiger partial charge in [0.15, 0.2) is 0 Å². The van der Waals surface area contributed by atoms with E-state index < -0.39 is 11.5 Å². The number of carbonyl (C=O) groups excluding carboxylic acids is 2. The number of amides is 2. The first-order valence-electron chi connectivity index (χ1n) is 9.93. The first-order valence-corrected chi connectivity index (χ1v) is 9.93. The van der Waals surface area contributed by atoms with Gasteiger partial charge in [-0.05, 0) is 43.7 Å². The average Bonchev–Trinajstić information content (AvgIpc) is 3.31. The molecule has 7 nitrogen and oxygen atoms in total. The predicted molar refractivity (Wildman–Crippen MR) is 112 cm³/mol. The molecule has 0 aliphatic carbocycles. The van der Waals surface area contributed by atoms with Gasteiger partial charge in [0.25, 0.3) is 5.91 Å². The van der Waals surface area contributed by atoms with Crippen LogP contribution in [0.2, 0.25) is 0 Å². The molecular weight excluding hydrogens is 382 g/mol. The van der Waals surface area contributed by atoms with E-state index in [-0.39, 0.29) is 24.8 Å². The number of hydrazine groups is 1. The highest BCUT2D eigenvalue weighted by Gasteiger charge is 2.49. The van der Waals surface area contributed by atoms with E-state index in [1.165, 1.54) is 5.01 Å². The highest BCUT2D eigenvalue weighted by molar-refractivity contribution is 6.16. The molecule has 0 radical (unpaired) electrons. The Bertz CT molecular complexity index is 970. The van der Waals surface area contributed by atoms with Crippen molar-refractivity contribution >= 4 is 17.5 Å². The van der Waals surface area contributed by atoms with Crippen molar-refractivity contribution in [1.82, 2.24) is 10.0 Å². The maximum absolute atomic E-state index is 13.5. The fourth-order valence-electron chi connectivity index (χ4n) is 3.90. The van der Waals surface area contributed by atoms with Crippen LogP contribution in [0.25, 0.3) is 0 Å². The average molecular weight is 407 g/mol. The maximum atomic E-state index is 13.5. The summed E-state index contributed by atoms with van der Waals surface area (Å²) < 4.78 is 5.20. The van der Waals surface area contributed by atoms with E-state index in [4.69, 9.17) is 9.57 Å². The number of hydrogen-bond donors (Lipinski definition) is 0. The quantitative estimate of drug-likeness (QED) is 0.713. The van der Waals surface area contributed by atoms with Crippen molar-refractivity contribution in [2.24, 2.45) is 11.1 Å². The summed E-state index contributed by atoms with van der Waals surface area (Å²) in [6.45, 7) is 4.53. The molecule has 2 heterocycles. The molecule has 0 aromatic heterocycles. The highest BCUT2D eigenvalue weighted by Crippen LogP contribution is 2.34. The molecule has 7 heteroatoms. The van der Waals surface area contributed by atoms with E-state index in [0.29, 0.717) is 18.0 Å². The smallest absolute Gasteiger partial charge is 0.256 e. The second-order valence-electron chi connectivity index (χ2n) is 8.13. The lowest BCUT2D eigenvalue weighted by Crippen LogP contribution is -2.52. The standard InChI is InChI=1S/C23H25N3O4/c1-23(2)13-20(27)26(25(23)14-16-7-5-4-6-8-16)22(28)19-15-30-24-21(19)17-9-11-18(29-3)12-10-17/h4-12,19H,13-15H2,1-3H3/t19-/m0/s1. The fraction of sp³-hybridized carbons (Fsp3) is 0.348. The van der Waals surface area contributed by atoms with Crippen LogP contribution in [0.1, 0.15) is 31.4 Å². The fourth-order valence-corrected chi connectivity index (χ4v) is 3.90. The molecule has 2 aliphatic rings. The molecule has 0 spiro atoms. The predicted octanol–water partition coefficient (Wildman–Crippen LogP) is 3.00. The molecule has 156 valence electrons. The minimum atomic E-state index is -0.644. The number of carbonyl (C=O) groups is 2. The number of ether oxygens (including phenoxy) is 1. The van der Waals surface area contributed by atoms with Crippen LogP contribution in [-0.2, 0) is 21.0 Å². The Morgan fingerprint density at radius 3 is 2.53 bits per heavy atom. The molecule has 0 saturated carbocycles. The van der Waals surface area contributed by atoms with Crippen molar-refractivity contribution in [3.05, 3.63) is 65.7 Å². The molecule has 0 unspecified atom stereocenters. The van der Waals surface area contributed by atoms with Gasteiger partial charge >= 0.3 is 0 Å². The molecule has 1 atom stereocenters. The second-order valence-corrected chi connectivity index (χ2v) is 8.13. The number of oxime groups is 1. The van der Waals surface area contributed by atoms with Crippen LogP contribution in [0.15, 0.2) is 59.8 Å². The largest absolute Gasteiger partial charge is 0.497 e. The van der Waals surface area contributed by atoms with Crippen LogP contribution in [0, 0.1) is 5.92 Å². The van der Waals surface area contributed by atoms with Gasteiger partial charge < -0.3 is 9.57 Å².